The van der Waals surface area contributed by atoms with Crippen LogP contribution in [-0.2, 0) is 12.1 Å². The van der Waals surface area contributed by atoms with Crippen molar-refractivity contribution in [3.05, 3.63) is 65.7 Å². The molecule has 2 saturated carbocycles. The Labute approximate surface area is 204 Å². The Balaban J connectivity index is 1.40. The first-order valence-electron chi connectivity index (χ1n) is 12.9. The van der Waals surface area contributed by atoms with Gasteiger partial charge < -0.3 is 14.5 Å². The second-order valence-electron chi connectivity index (χ2n) is 10.9. The molecule has 5 heteroatoms. The van der Waals surface area contributed by atoms with Crippen molar-refractivity contribution in [3.8, 4) is 5.75 Å². The first-order chi connectivity index (χ1) is 16.5. The molecule has 3 aliphatic rings. The van der Waals surface area contributed by atoms with Gasteiger partial charge in [-0.15, -0.1) is 0 Å². The standard InChI is InChI=1S/C29H39N3O2/c1-30(2)29(25-12-5-4-6-13-25)17-15-28(16-18-29)22-31(20-24-11-8-14-26(19-24)34-3)27(33)32(28)21-23-9-7-10-23/h4-6,8,11-14,19,23H,7,9-10,15-18,20-22H2,1-3H3. The van der Waals surface area contributed by atoms with E-state index in [0.717, 1.165) is 50.1 Å². The van der Waals surface area contributed by atoms with Crippen LogP contribution in [-0.4, -0.2) is 60.6 Å². The molecular formula is C29H39N3O2. The highest BCUT2D eigenvalue weighted by atomic mass is 16.5. The van der Waals surface area contributed by atoms with Crippen LogP contribution in [0.15, 0.2) is 54.6 Å². The van der Waals surface area contributed by atoms with Crippen molar-refractivity contribution < 1.29 is 9.53 Å². The van der Waals surface area contributed by atoms with Crippen molar-refractivity contribution in [1.82, 2.24) is 14.7 Å². The normalized spacial score (nSPS) is 27.5. The number of methoxy groups -OCH3 is 1. The van der Waals surface area contributed by atoms with Gasteiger partial charge in [-0.3, -0.25) is 4.90 Å². The van der Waals surface area contributed by atoms with Crippen LogP contribution in [0, 0.1) is 5.92 Å². The summed E-state index contributed by atoms with van der Waals surface area (Å²) in [4.78, 5) is 20.6. The van der Waals surface area contributed by atoms with Gasteiger partial charge in [-0.2, -0.15) is 0 Å². The van der Waals surface area contributed by atoms with Gasteiger partial charge >= 0.3 is 6.03 Å². The molecule has 5 rings (SSSR count). The van der Waals surface area contributed by atoms with Crippen LogP contribution in [0.2, 0.25) is 0 Å². The fourth-order valence-corrected chi connectivity index (χ4v) is 6.50. The number of carbonyl (C=O) groups excluding carboxylic acids is 1. The maximum Gasteiger partial charge on any atom is 0.320 e. The van der Waals surface area contributed by atoms with Crippen LogP contribution in [0.25, 0.3) is 0 Å². The predicted octanol–water partition coefficient (Wildman–Crippen LogP) is 5.50. The lowest BCUT2D eigenvalue weighted by molar-refractivity contribution is 0.0159. The predicted molar refractivity (Wildman–Crippen MR) is 136 cm³/mol. The molecule has 34 heavy (non-hydrogen) atoms. The van der Waals surface area contributed by atoms with Crippen LogP contribution in [0.3, 0.4) is 0 Å². The molecule has 2 aromatic carbocycles. The molecule has 1 aliphatic heterocycles. The molecule has 1 spiro atoms. The van der Waals surface area contributed by atoms with Gasteiger partial charge in [0.25, 0.3) is 0 Å². The van der Waals surface area contributed by atoms with Gasteiger partial charge in [-0.1, -0.05) is 48.9 Å². The van der Waals surface area contributed by atoms with Gasteiger partial charge in [0.15, 0.2) is 0 Å². The lowest BCUT2D eigenvalue weighted by atomic mass is 9.68. The van der Waals surface area contributed by atoms with E-state index in [9.17, 15) is 4.79 Å². The lowest BCUT2D eigenvalue weighted by Crippen LogP contribution is -2.56. The highest BCUT2D eigenvalue weighted by molar-refractivity contribution is 5.78. The van der Waals surface area contributed by atoms with Crippen LogP contribution in [0.5, 0.6) is 5.75 Å². The summed E-state index contributed by atoms with van der Waals surface area (Å²) < 4.78 is 5.42. The zero-order valence-electron chi connectivity index (χ0n) is 21.0. The summed E-state index contributed by atoms with van der Waals surface area (Å²) in [5.74, 6) is 1.52. The third-order valence-electron chi connectivity index (χ3n) is 8.91. The number of nitrogens with zero attached hydrogens (tertiary/aromatic N) is 3. The molecule has 3 fully saturated rings. The minimum absolute atomic E-state index is 0.0396. The van der Waals surface area contributed by atoms with Crippen LogP contribution in [0.1, 0.15) is 56.1 Å². The van der Waals surface area contributed by atoms with Crippen molar-refractivity contribution >= 4 is 6.03 Å². The molecule has 2 aromatic rings. The molecule has 2 aliphatic carbocycles. The lowest BCUT2D eigenvalue weighted by Gasteiger charge is -2.51. The number of amides is 2. The summed E-state index contributed by atoms with van der Waals surface area (Å²) >= 11 is 0. The monoisotopic (exact) mass is 461 g/mol. The smallest absolute Gasteiger partial charge is 0.320 e. The van der Waals surface area contributed by atoms with Crippen molar-refractivity contribution in [2.24, 2.45) is 5.92 Å². The molecule has 182 valence electrons. The largest absolute Gasteiger partial charge is 0.497 e. The van der Waals surface area contributed by atoms with E-state index >= 15 is 0 Å². The minimum Gasteiger partial charge on any atom is -0.497 e. The van der Waals surface area contributed by atoms with Gasteiger partial charge in [0.2, 0.25) is 0 Å². The topological polar surface area (TPSA) is 36.0 Å². The Hall–Kier alpha value is -2.53. The molecule has 0 radical (unpaired) electrons. The van der Waals surface area contributed by atoms with E-state index in [1.54, 1.807) is 7.11 Å². The third kappa shape index (κ3) is 4.08. The molecule has 0 N–H and O–H groups in total. The van der Waals surface area contributed by atoms with E-state index < -0.39 is 0 Å². The van der Waals surface area contributed by atoms with E-state index in [4.69, 9.17) is 4.74 Å². The molecule has 0 aromatic heterocycles. The second kappa shape index (κ2) is 9.26. The number of hydrogen-bond acceptors (Lipinski definition) is 3. The minimum atomic E-state index is -0.0557. The molecule has 1 heterocycles. The Bertz CT molecular complexity index is 993. The Morgan fingerprint density at radius 2 is 1.74 bits per heavy atom. The average Bonchev–Trinajstić information content (AvgIpc) is 3.07. The second-order valence-corrected chi connectivity index (χ2v) is 10.9. The van der Waals surface area contributed by atoms with Gasteiger partial charge in [0.05, 0.1) is 12.6 Å². The fourth-order valence-electron chi connectivity index (χ4n) is 6.50. The van der Waals surface area contributed by atoms with Crippen molar-refractivity contribution in [2.75, 3.05) is 34.3 Å². The maximum absolute atomic E-state index is 13.8. The van der Waals surface area contributed by atoms with E-state index in [-0.39, 0.29) is 17.1 Å². The number of urea groups is 1. The Morgan fingerprint density at radius 3 is 2.35 bits per heavy atom. The average molecular weight is 462 g/mol. The Kier molecular flexibility index (Phi) is 6.32. The number of rotatable bonds is 7. The third-order valence-corrected chi connectivity index (χ3v) is 8.91. The summed E-state index contributed by atoms with van der Waals surface area (Å²) in [5.41, 5.74) is 2.52. The van der Waals surface area contributed by atoms with Crippen molar-refractivity contribution in [2.45, 2.75) is 62.6 Å². The maximum atomic E-state index is 13.8. The fraction of sp³-hybridized carbons (Fsp3) is 0.552. The first-order valence-corrected chi connectivity index (χ1v) is 12.9. The zero-order valence-corrected chi connectivity index (χ0v) is 21.0. The summed E-state index contributed by atoms with van der Waals surface area (Å²) in [6.45, 7) is 2.40. The zero-order chi connectivity index (χ0) is 23.8. The molecular weight excluding hydrogens is 422 g/mol. The molecule has 1 saturated heterocycles. The summed E-state index contributed by atoms with van der Waals surface area (Å²) in [6, 6.07) is 19.3. The number of hydrogen-bond donors (Lipinski definition) is 0. The van der Waals surface area contributed by atoms with E-state index in [1.165, 1.54) is 24.8 Å². The van der Waals surface area contributed by atoms with E-state index in [0.29, 0.717) is 12.5 Å². The van der Waals surface area contributed by atoms with Crippen molar-refractivity contribution in [3.63, 3.8) is 0 Å². The van der Waals surface area contributed by atoms with Crippen LogP contribution >= 0.6 is 0 Å². The SMILES string of the molecule is COc1cccc(CN2CC3(CCC(c4ccccc4)(N(C)C)CC3)N(CC3CCC3)C2=O)c1. The molecule has 0 bridgehead atoms. The van der Waals surface area contributed by atoms with Crippen LogP contribution in [0.4, 0.5) is 4.79 Å². The van der Waals surface area contributed by atoms with Gasteiger partial charge in [-0.05, 0) is 81.8 Å². The van der Waals surface area contributed by atoms with Crippen molar-refractivity contribution in [1.29, 1.82) is 0 Å². The quantitative estimate of drug-likeness (QED) is 0.546. The summed E-state index contributed by atoms with van der Waals surface area (Å²) in [7, 11) is 6.12. The molecule has 2 amide bonds. The number of carbonyl (C=O) groups is 1. The summed E-state index contributed by atoms with van der Waals surface area (Å²) in [5, 5.41) is 0. The van der Waals surface area contributed by atoms with Gasteiger partial charge in [0.1, 0.15) is 5.75 Å². The number of ether oxygens (including phenoxy) is 1. The van der Waals surface area contributed by atoms with E-state index in [2.05, 4.69) is 71.3 Å². The first kappa shape index (κ1) is 23.2. The highest BCUT2D eigenvalue weighted by Crippen LogP contribution is 2.49. The van der Waals surface area contributed by atoms with Gasteiger partial charge in [0, 0.05) is 25.2 Å². The Morgan fingerprint density at radius 1 is 1.00 bits per heavy atom. The van der Waals surface area contributed by atoms with Crippen LogP contribution < -0.4 is 4.74 Å². The molecule has 5 nitrogen and oxygen atoms in total. The molecule has 0 atom stereocenters. The molecule has 0 unspecified atom stereocenters. The summed E-state index contributed by atoms with van der Waals surface area (Å²) in [6.07, 6.45) is 8.09. The van der Waals surface area contributed by atoms with Gasteiger partial charge in [-0.25, -0.2) is 4.79 Å². The highest BCUT2D eigenvalue weighted by Gasteiger charge is 2.54. The number of benzene rings is 2. The van der Waals surface area contributed by atoms with E-state index in [1.807, 2.05) is 12.1 Å².